The number of rotatable bonds is 12. The molecule has 0 aliphatic heterocycles. The molecule has 0 saturated heterocycles. The quantitative estimate of drug-likeness (QED) is 0.164. The summed E-state index contributed by atoms with van der Waals surface area (Å²) in [6, 6.07) is 26.4. The van der Waals surface area contributed by atoms with Crippen molar-refractivity contribution in [1.82, 2.24) is 10.2 Å². The van der Waals surface area contributed by atoms with E-state index < -0.39 is 28.5 Å². The zero-order chi connectivity index (χ0) is 32.7. The SMILES string of the molecule is Cc1ccc(S(=O)(=O)N(CC(=O)N(Cc2ccc(Br)cc2)C(Cc2ccccc2)C(=O)NC(C)C)c2cc(Cl)cc(Cl)c2)cc1. The maximum absolute atomic E-state index is 14.5. The number of anilines is 1. The molecule has 0 spiro atoms. The standard InChI is InChI=1S/C34H34BrCl2N3O4S/c1-23(2)38-34(42)32(17-25-7-5-4-6-8-25)39(21-26-11-13-27(35)14-12-26)33(41)22-40(30-19-28(36)18-29(37)20-30)45(43,44)31-15-9-24(3)10-16-31/h4-16,18-20,23,32H,17,21-22H2,1-3H3,(H,38,42). The van der Waals surface area contributed by atoms with Crippen LogP contribution in [0.4, 0.5) is 5.69 Å². The summed E-state index contributed by atoms with van der Waals surface area (Å²) in [5.74, 6) is -0.928. The second kappa shape index (κ2) is 15.3. The van der Waals surface area contributed by atoms with Crippen LogP contribution in [0.5, 0.6) is 0 Å². The van der Waals surface area contributed by atoms with Crippen LogP contribution in [0.1, 0.15) is 30.5 Å². The summed E-state index contributed by atoms with van der Waals surface area (Å²) in [6.45, 7) is 4.99. The van der Waals surface area contributed by atoms with Crippen molar-refractivity contribution in [1.29, 1.82) is 0 Å². The van der Waals surface area contributed by atoms with Crippen LogP contribution in [0.15, 0.2) is 106 Å². The monoisotopic (exact) mass is 729 g/mol. The second-order valence-corrected chi connectivity index (χ2v) is 14.6. The van der Waals surface area contributed by atoms with Crippen molar-refractivity contribution in [3.8, 4) is 0 Å². The molecule has 1 N–H and O–H groups in total. The number of aryl methyl sites for hydroxylation is 1. The van der Waals surface area contributed by atoms with Gasteiger partial charge in [-0.15, -0.1) is 0 Å². The van der Waals surface area contributed by atoms with Crippen LogP contribution < -0.4 is 9.62 Å². The first kappa shape index (κ1) is 34.5. The van der Waals surface area contributed by atoms with Crippen molar-refractivity contribution in [3.63, 3.8) is 0 Å². The number of hydrogen-bond donors (Lipinski definition) is 1. The average molecular weight is 732 g/mol. The van der Waals surface area contributed by atoms with Crippen LogP contribution in [0.25, 0.3) is 0 Å². The molecule has 0 aromatic heterocycles. The van der Waals surface area contributed by atoms with Gasteiger partial charge in [-0.25, -0.2) is 8.42 Å². The molecule has 236 valence electrons. The molecule has 7 nitrogen and oxygen atoms in total. The molecule has 0 saturated carbocycles. The van der Waals surface area contributed by atoms with Gasteiger partial charge in [0.2, 0.25) is 11.8 Å². The number of nitrogens with zero attached hydrogens (tertiary/aromatic N) is 2. The third kappa shape index (κ3) is 9.33. The lowest BCUT2D eigenvalue weighted by Crippen LogP contribution is -2.54. The Balaban J connectivity index is 1.82. The topological polar surface area (TPSA) is 86.8 Å². The highest BCUT2D eigenvalue weighted by Crippen LogP contribution is 2.30. The van der Waals surface area contributed by atoms with E-state index in [1.807, 2.05) is 75.4 Å². The maximum atomic E-state index is 14.5. The van der Waals surface area contributed by atoms with Gasteiger partial charge in [0, 0.05) is 33.5 Å². The fourth-order valence-corrected chi connectivity index (χ4v) is 6.95. The largest absolute Gasteiger partial charge is 0.352 e. The van der Waals surface area contributed by atoms with Crippen LogP contribution in [0.3, 0.4) is 0 Å². The molecule has 11 heteroatoms. The highest BCUT2D eigenvalue weighted by Gasteiger charge is 2.35. The fraction of sp³-hybridized carbons (Fsp3) is 0.235. The zero-order valence-electron chi connectivity index (χ0n) is 25.1. The Kier molecular flexibility index (Phi) is 11.7. The highest BCUT2D eigenvalue weighted by molar-refractivity contribution is 9.10. The number of halogens is 3. The number of carbonyl (C=O) groups is 2. The number of sulfonamides is 1. The lowest BCUT2D eigenvalue weighted by molar-refractivity contribution is -0.140. The minimum absolute atomic E-state index is 0.00477. The Morgan fingerprint density at radius 3 is 2.02 bits per heavy atom. The molecule has 1 atom stereocenters. The van der Waals surface area contributed by atoms with Gasteiger partial charge in [0.25, 0.3) is 10.0 Å². The van der Waals surface area contributed by atoms with E-state index in [0.29, 0.717) is 0 Å². The summed E-state index contributed by atoms with van der Waals surface area (Å²) in [5, 5.41) is 3.36. The molecule has 2 amide bonds. The van der Waals surface area contributed by atoms with Crippen LogP contribution in [-0.2, 0) is 32.6 Å². The molecule has 4 aromatic carbocycles. The third-order valence-electron chi connectivity index (χ3n) is 6.99. The Morgan fingerprint density at radius 1 is 0.844 bits per heavy atom. The van der Waals surface area contributed by atoms with E-state index in [2.05, 4.69) is 21.2 Å². The van der Waals surface area contributed by atoms with E-state index in [1.54, 1.807) is 12.1 Å². The molecule has 4 aromatic rings. The number of amides is 2. The van der Waals surface area contributed by atoms with Gasteiger partial charge >= 0.3 is 0 Å². The van der Waals surface area contributed by atoms with Gasteiger partial charge in [-0.1, -0.05) is 99.3 Å². The summed E-state index contributed by atoms with van der Waals surface area (Å²) in [7, 11) is -4.27. The van der Waals surface area contributed by atoms with Gasteiger partial charge in [0.05, 0.1) is 10.6 Å². The van der Waals surface area contributed by atoms with Crippen LogP contribution in [-0.4, -0.2) is 43.8 Å². The van der Waals surface area contributed by atoms with Gasteiger partial charge < -0.3 is 10.2 Å². The summed E-state index contributed by atoms with van der Waals surface area (Å²) in [4.78, 5) is 29.7. The van der Waals surface area contributed by atoms with Crippen LogP contribution >= 0.6 is 39.1 Å². The number of carbonyl (C=O) groups excluding carboxylic acids is 2. The van der Waals surface area contributed by atoms with Gasteiger partial charge in [-0.05, 0) is 74.4 Å². The van der Waals surface area contributed by atoms with E-state index in [9.17, 15) is 18.0 Å². The van der Waals surface area contributed by atoms with Gasteiger partial charge in [-0.3, -0.25) is 13.9 Å². The minimum Gasteiger partial charge on any atom is -0.352 e. The molecule has 0 bridgehead atoms. The predicted molar refractivity (Wildman–Crippen MR) is 184 cm³/mol. The van der Waals surface area contributed by atoms with Gasteiger partial charge in [0.15, 0.2) is 0 Å². The van der Waals surface area contributed by atoms with Crippen molar-refractivity contribution < 1.29 is 18.0 Å². The first-order chi connectivity index (χ1) is 21.3. The summed E-state index contributed by atoms with van der Waals surface area (Å²) in [6.07, 6.45) is 0.218. The molecule has 0 heterocycles. The molecule has 0 fully saturated rings. The predicted octanol–water partition coefficient (Wildman–Crippen LogP) is 7.42. The summed E-state index contributed by atoms with van der Waals surface area (Å²) in [5.41, 5.74) is 2.61. The Labute approximate surface area is 283 Å². The molecule has 0 aliphatic carbocycles. The number of hydrogen-bond acceptors (Lipinski definition) is 4. The van der Waals surface area contributed by atoms with Crippen molar-refractivity contribution >= 4 is 66.7 Å². The lowest BCUT2D eigenvalue weighted by Gasteiger charge is -2.34. The smallest absolute Gasteiger partial charge is 0.264 e. The summed E-state index contributed by atoms with van der Waals surface area (Å²) < 4.78 is 30.1. The molecule has 45 heavy (non-hydrogen) atoms. The van der Waals surface area contributed by atoms with E-state index >= 15 is 0 Å². The Hall–Kier alpha value is -3.37. The first-order valence-corrected chi connectivity index (χ1v) is 17.3. The molecule has 0 aliphatic rings. The van der Waals surface area contributed by atoms with E-state index in [-0.39, 0.29) is 45.5 Å². The fourth-order valence-electron chi connectivity index (χ4n) is 4.77. The van der Waals surface area contributed by atoms with Crippen molar-refractivity contribution in [2.45, 2.75) is 50.7 Å². The lowest BCUT2D eigenvalue weighted by atomic mass is 10.0. The number of benzene rings is 4. The molecular weight excluding hydrogens is 697 g/mol. The second-order valence-electron chi connectivity index (χ2n) is 11.0. The van der Waals surface area contributed by atoms with Crippen molar-refractivity contribution in [3.05, 3.63) is 128 Å². The van der Waals surface area contributed by atoms with Gasteiger partial charge in [-0.2, -0.15) is 0 Å². The van der Waals surface area contributed by atoms with Crippen molar-refractivity contribution in [2.75, 3.05) is 10.8 Å². The minimum atomic E-state index is -4.27. The normalized spacial score (nSPS) is 12.1. The van der Waals surface area contributed by atoms with E-state index in [4.69, 9.17) is 23.2 Å². The Bertz CT molecular complexity index is 1720. The van der Waals surface area contributed by atoms with Crippen LogP contribution in [0, 0.1) is 6.92 Å². The molecular formula is C34H34BrCl2N3O4S. The molecule has 4 rings (SSSR count). The molecule has 0 radical (unpaired) electrons. The molecule has 1 unspecified atom stereocenters. The number of nitrogens with one attached hydrogen (secondary N) is 1. The van der Waals surface area contributed by atoms with E-state index in [1.165, 1.54) is 35.2 Å². The first-order valence-electron chi connectivity index (χ1n) is 14.3. The Morgan fingerprint density at radius 2 is 1.44 bits per heavy atom. The van der Waals surface area contributed by atoms with Gasteiger partial charge in [0.1, 0.15) is 12.6 Å². The third-order valence-corrected chi connectivity index (χ3v) is 9.74. The highest BCUT2D eigenvalue weighted by atomic mass is 79.9. The van der Waals surface area contributed by atoms with Crippen molar-refractivity contribution in [2.24, 2.45) is 0 Å². The van der Waals surface area contributed by atoms with Crippen LogP contribution in [0.2, 0.25) is 10.0 Å². The summed E-state index contributed by atoms with van der Waals surface area (Å²) >= 11 is 16.0. The average Bonchev–Trinajstić information content (AvgIpc) is 2.98. The van der Waals surface area contributed by atoms with E-state index in [0.717, 1.165) is 25.5 Å². The zero-order valence-corrected chi connectivity index (χ0v) is 29.0. The maximum Gasteiger partial charge on any atom is 0.264 e.